The van der Waals surface area contributed by atoms with Gasteiger partial charge in [0, 0.05) is 13.6 Å². The van der Waals surface area contributed by atoms with Crippen molar-refractivity contribution >= 4 is 10.0 Å². The monoisotopic (exact) mass is 234 g/mol. The highest BCUT2D eigenvalue weighted by Gasteiger charge is 2.38. The van der Waals surface area contributed by atoms with Gasteiger partial charge in [0.1, 0.15) is 0 Å². The van der Waals surface area contributed by atoms with Gasteiger partial charge in [-0.15, -0.1) is 0 Å². The first-order valence-electron chi connectivity index (χ1n) is 5.60. The van der Waals surface area contributed by atoms with Gasteiger partial charge in [0.15, 0.2) is 0 Å². The highest BCUT2D eigenvalue weighted by atomic mass is 32.2. The minimum absolute atomic E-state index is 0.0650. The summed E-state index contributed by atoms with van der Waals surface area (Å²) < 4.78 is 25.0. The van der Waals surface area contributed by atoms with Crippen LogP contribution in [0, 0.1) is 5.41 Å². The van der Waals surface area contributed by atoms with Gasteiger partial charge in [-0.1, -0.05) is 13.3 Å². The zero-order valence-electron chi connectivity index (χ0n) is 9.70. The van der Waals surface area contributed by atoms with E-state index in [1.54, 1.807) is 7.05 Å². The summed E-state index contributed by atoms with van der Waals surface area (Å²) in [5.41, 5.74) is 5.78. The van der Waals surface area contributed by atoms with Crippen molar-refractivity contribution in [1.82, 2.24) is 4.31 Å². The summed E-state index contributed by atoms with van der Waals surface area (Å²) >= 11 is 0. The Bertz CT molecular complexity index is 291. The maximum Gasteiger partial charge on any atom is 0.213 e. The fourth-order valence-corrected chi connectivity index (χ4v) is 3.39. The predicted molar refractivity (Wildman–Crippen MR) is 62.0 cm³/mol. The lowest BCUT2D eigenvalue weighted by molar-refractivity contribution is 0.118. The third-order valence-electron chi connectivity index (χ3n) is 3.34. The molecule has 0 radical (unpaired) electrons. The molecule has 0 aromatic rings. The minimum Gasteiger partial charge on any atom is -0.330 e. The minimum atomic E-state index is -3.05. The third-order valence-corrected chi connectivity index (χ3v) is 5.35. The molecular formula is C10H22N2O2S. The fourth-order valence-electron chi connectivity index (χ4n) is 2.09. The normalized spacial score (nSPS) is 20.3. The highest BCUT2D eigenvalue weighted by molar-refractivity contribution is 7.89. The molecule has 4 nitrogen and oxygen atoms in total. The summed E-state index contributed by atoms with van der Waals surface area (Å²) in [6.07, 6.45) is 3.98. The van der Waals surface area contributed by atoms with Crippen molar-refractivity contribution in [3.8, 4) is 0 Å². The van der Waals surface area contributed by atoms with Crippen molar-refractivity contribution in [2.24, 2.45) is 11.1 Å². The van der Waals surface area contributed by atoms with E-state index in [9.17, 15) is 8.42 Å². The number of nitrogens with zero attached hydrogens (tertiary/aromatic N) is 1. The molecule has 15 heavy (non-hydrogen) atoms. The first-order valence-corrected chi connectivity index (χ1v) is 7.21. The van der Waals surface area contributed by atoms with E-state index >= 15 is 0 Å². The SMILES string of the molecule is CCCS(=O)(=O)N(C)CC1(CN)CCC1. The van der Waals surface area contributed by atoms with Gasteiger partial charge in [0.2, 0.25) is 10.0 Å². The first-order chi connectivity index (χ1) is 6.96. The number of hydrogen-bond acceptors (Lipinski definition) is 3. The lowest BCUT2D eigenvalue weighted by atomic mass is 9.69. The average Bonchev–Trinajstić information content (AvgIpc) is 2.10. The number of sulfonamides is 1. The second-order valence-corrected chi connectivity index (χ2v) is 6.83. The maximum absolute atomic E-state index is 11.7. The number of rotatable bonds is 6. The predicted octanol–water partition coefficient (Wildman–Crippen LogP) is 0.787. The Kier molecular flexibility index (Phi) is 4.14. The zero-order valence-corrected chi connectivity index (χ0v) is 10.5. The van der Waals surface area contributed by atoms with Crippen LogP contribution in [0.3, 0.4) is 0 Å². The van der Waals surface area contributed by atoms with Crippen molar-refractivity contribution in [2.75, 3.05) is 25.9 Å². The summed E-state index contributed by atoms with van der Waals surface area (Å²) in [6, 6.07) is 0. The molecule has 1 fully saturated rings. The maximum atomic E-state index is 11.7. The van der Waals surface area contributed by atoms with Gasteiger partial charge in [-0.25, -0.2) is 12.7 Å². The van der Waals surface area contributed by atoms with Crippen LogP contribution in [-0.4, -0.2) is 38.6 Å². The van der Waals surface area contributed by atoms with Crippen molar-refractivity contribution < 1.29 is 8.42 Å². The molecule has 0 aromatic carbocycles. The molecule has 0 bridgehead atoms. The third kappa shape index (κ3) is 2.92. The van der Waals surface area contributed by atoms with E-state index in [1.165, 1.54) is 10.7 Å². The van der Waals surface area contributed by atoms with Crippen LogP contribution in [0.25, 0.3) is 0 Å². The molecule has 0 unspecified atom stereocenters. The molecular weight excluding hydrogens is 212 g/mol. The largest absolute Gasteiger partial charge is 0.330 e. The molecule has 2 N–H and O–H groups in total. The van der Waals surface area contributed by atoms with E-state index in [0.717, 1.165) is 12.8 Å². The van der Waals surface area contributed by atoms with E-state index in [2.05, 4.69) is 0 Å². The van der Waals surface area contributed by atoms with Gasteiger partial charge in [0.25, 0.3) is 0 Å². The molecule has 5 heteroatoms. The molecule has 1 aliphatic rings. The molecule has 1 saturated carbocycles. The van der Waals surface area contributed by atoms with E-state index < -0.39 is 10.0 Å². The number of hydrogen-bond donors (Lipinski definition) is 1. The van der Waals surface area contributed by atoms with E-state index in [4.69, 9.17) is 5.73 Å². The number of nitrogens with two attached hydrogens (primary N) is 1. The van der Waals surface area contributed by atoms with Gasteiger partial charge >= 0.3 is 0 Å². The highest BCUT2D eigenvalue weighted by Crippen LogP contribution is 2.40. The van der Waals surface area contributed by atoms with Crippen LogP contribution >= 0.6 is 0 Å². The summed E-state index contributed by atoms with van der Waals surface area (Å²) in [7, 11) is -1.38. The Morgan fingerprint density at radius 3 is 2.33 bits per heavy atom. The van der Waals surface area contributed by atoms with Crippen molar-refractivity contribution in [3.05, 3.63) is 0 Å². The Morgan fingerprint density at radius 1 is 1.40 bits per heavy atom. The van der Waals surface area contributed by atoms with E-state index in [-0.39, 0.29) is 11.2 Å². The topological polar surface area (TPSA) is 63.4 Å². The first kappa shape index (κ1) is 12.9. The Morgan fingerprint density at radius 2 is 2.00 bits per heavy atom. The van der Waals surface area contributed by atoms with E-state index in [0.29, 0.717) is 19.5 Å². The second kappa shape index (κ2) is 4.80. The molecule has 0 aromatic heterocycles. The molecule has 90 valence electrons. The lowest BCUT2D eigenvalue weighted by Gasteiger charge is -2.43. The summed E-state index contributed by atoms with van der Waals surface area (Å²) in [6.45, 7) is 3.07. The molecule has 0 spiro atoms. The van der Waals surface area contributed by atoms with Crippen LogP contribution in [0.4, 0.5) is 0 Å². The Labute approximate surface area is 92.9 Å². The Balaban J connectivity index is 2.58. The quantitative estimate of drug-likeness (QED) is 0.739. The second-order valence-electron chi connectivity index (χ2n) is 4.63. The fraction of sp³-hybridized carbons (Fsp3) is 1.00. The molecule has 0 saturated heterocycles. The lowest BCUT2D eigenvalue weighted by Crippen LogP contribution is -2.47. The van der Waals surface area contributed by atoms with Crippen molar-refractivity contribution in [3.63, 3.8) is 0 Å². The van der Waals surface area contributed by atoms with Crippen LogP contribution in [0.2, 0.25) is 0 Å². The van der Waals surface area contributed by atoms with Crippen LogP contribution in [0.1, 0.15) is 32.6 Å². The van der Waals surface area contributed by atoms with Gasteiger partial charge in [-0.05, 0) is 31.2 Å². The Hall–Kier alpha value is -0.130. The van der Waals surface area contributed by atoms with Crippen LogP contribution < -0.4 is 5.73 Å². The molecule has 1 rings (SSSR count). The smallest absolute Gasteiger partial charge is 0.213 e. The van der Waals surface area contributed by atoms with Gasteiger partial charge in [-0.3, -0.25) is 0 Å². The molecule has 0 atom stereocenters. The van der Waals surface area contributed by atoms with Crippen LogP contribution in [0.5, 0.6) is 0 Å². The molecule has 1 aliphatic carbocycles. The molecule has 0 heterocycles. The molecule has 0 aliphatic heterocycles. The van der Waals surface area contributed by atoms with Gasteiger partial charge < -0.3 is 5.73 Å². The summed E-state index contributed by atoms with van der Waals surface area (Å²) in [5.74, 6) is 0.240. The zero-order chi connectivity index (χ0) is 11.5. The van der Waals surface area contributed by atoms with Gasteiger partial charge in [-0.2, -0.15) is 0 Å². The van der Waals surface area contributed by atoms with Crippen LogP contribution in [-0.2, 0) is 10.0 Å². The van der Waals surface area contributed by atoms with Gasteiger partial charge in [0.05, 0.1) is 5.75 Å². The molecule has 0 amide bonds. The average molecular weight is 234 g/mol. The standard InChI is InChI=1S/C10H22N2O2S/c1-3-7-15(13,14)12(2)9-10(8-11)5-4-6-10/h3-9,11H2,1-2H3. The summed E-state index contributed by atoms with van der Waals surface area (Å²) in [5, 5.41) is 0. The van der Waals surface area contributed by atoms with Crippen molar-refractivity contribution in [2.45, 2.75) is 32.6 Å². The van der Waals surface area contributed by atoms with E-state index in [1.807, 2.05) is 6.92 Å². The van der Waals surface area contributed by atoms with Crippen LogP contribution in [0.15, 0.2) is 0 Å². The van der Waals surface area contributed by atoms with Crippen molar-refractivity contribution in [1.29, 1.82) is 0 Å². The summed E-state index contributed by atoms with van der Waals surface area (Å²) in [4.78, 5) is 0.